The van der Waals surface area contributed by atoms with Gasteiger partial charge in [-0.15, -0.1) is 0 Å². The van der Waals surface area contributed by atoms with Crippen LogP contribution in [0.15, 0.2) is 40.9 Å². The summed E-state index contributed by atoms with van der Waals surface area (Å²) in [7, 11) is 1.85. The second-order valence-corrected chi connectivity index (χ2v) is 6.86. The first-order valence-corrected chi connectivity index (χ1v) is 8.78. The number of aromatic nitrogens is 1. The molecule has 1 aromatic heterocycles. The van der Waals surface area contributed by atoms with E-state index < -0.39 is 0 Å². The molecule has 0 aliphatic carbocycles. The van der Waals surface area contributed by atoms with Gasteiger partial charge in [-0.2, -0.15) is 0 Å². The van der Waals surface area contributed by atoms with E-state index in [9.17, 15) is 4.79 Å². The maximum atomic E-state index is 12.4. The van der Waals surface area contributed by atoms with E-state index in [1.54, 1.807) is 11.0 Å². The molecule has 3 rings (SSSR count). The third-order valence-electron chi connectivity index (χ3n) is 4.94. The summed E-state index contributed by atoms with van der Waals surface area (Å²) >= 11 is 0. The number of urea groups is 1. The average Bonchev–Trinajstić information content (AvgIpc) is 3.01. The molecule has 0 spiro atoms. The third kappa shape index (κ3) is 4.39. The lowest BCUT2D eigenvalue weighted by molar-refractivity contribution is 0.0941. The van der Waals surface area contributed by atoms with Gasteiger partial charge in [0.1, 0.15) is 0 Å². The molecule has 1 fully saturated rings. The quantitative estimate of drug-likeness (QED) is 0.924. The predicted molar refractivity (Wildman–Crippen MR) is 97.4 cm³/mol. The Labute approximate surface area is 148 Å². The van der Waals surface area contributed by atoms with Crippen molar-refractivity contribution < 1.29 is 9.32 Å². The highest BCUT2D eigenvalue weighted by atomic mass is 16.5. The average molecular weight is 342 g/mol. The van der Waals surface area contributed by atoms with Crippen LogP contribution in [-0.2, 0) is 6.54 Å². The number of carbonyl (C=O) groups is 1. The smallest absolute Gasteiger partial charge is 0.324 e. The van der Waals surface area contributed by atoms with Gasteiger partial charge in [0.15, 0.2) is 0 Å². The van der Waals surface area contributed by atoms with Crippen molar-refractivity contribution in [2.45, 2.75) is 45.3 Å². The van der Waals surface area contributed by atoms with Crippen LogP contribution in [0.2, 0.25) is 0 Å². The van der Waals surface area contributed by atoms with E-state index in [2.05, 4.69) is 46.6 Å². The number of likely N-dealkylation sites (tertiary alicyclic amines) is 1. The van der Waals surface area contributed by atoms with Crippen molar-refractivity contribution in [1.29, 1.82) is 0 Å². The van der Waals surface area contributed by atoms with E-state index in [-0.39, 0.29) is 12.1 Å². The van der Waals surface area contributed by atoms with Gasteiger partial charge in [0.05, 0.1) is 5.69 Å². The van der Waals surface area contributed by atoms with Crippen LogP contribution < -0.4 is 5.32 Å². The Morgan fingerprint density at radius 3 is 2.80 bits per heavy atom. The summed E-state index contributed by atoms with van der Waals surface area (Å²) in [5.74, 6) is 0.393. The zero-order valence-electron chi connectivity index (χ0n) is 15.1. The fourth-order valence-corrected chi connectivity index (χ4v) is 3.38. The Morgan fingerprint density at radius 2 is 2.16 bits per heavy atom. The van der Waals surface area contributed by atoms with Gasteiger partial charge in [-0.3, -0.25) is 10.2 Å². The molecular weight excluding hydrogens is 316 g/mol. The molecule has 2 aromatic rings. The zero-order valence-corrected chi connectivity index (χ0v) is 15.1. The van der Waals surface area contributed by atoms with Crippen molar-refractivity contribution in [1.82, 2.24) is 15.0 Å². The summed E-state index contributed by atoms with van der Waals surface area (Å²) in [6.07, 6.45) is 1.93. The number of hydrogen-bond donors (Lipinski definition) is 1. The van der Waals surface area contributed by atoms with Crippen molar-refractivity contribution in [3.05, 3.63) is 47.7 Å². The van der Waals surface area contributed by atoms with Crippen LogP contribution in [0.4, 0.5) is 10.7 Å². The van der Waals surface area contributed by atoms with Crippen LogP contribution in [0, 0.1) is 6.92 Å². The Bertz CT molecular complexity index is 700. The summed E-state index contributed by atoms with van der Waals surface area (Å²) < 4.78 is 5.06. The minimum Gasteiger partial charge on any atom is -0.338 e. The normalized spacial score (nSPS) is 21.1. The molecule has 1 aliphatic rings. The SMILES string of the molecule is Cc1cc(NC(=O)N(C)[C@H]2CCN(Cc3ccccc3)[C@H](C)C2)on1. The topological polar surface area (TPSA) is 61.6 Å². The van der Waals surface area contributed by atoms with Crippen LogP contribution in [0.1, 0.15) is 31.0 Å². The van der Waals surface area contributed by atoms with Gasteiger partial charge in [-0.05, 0) is 32.3 Å². The lowest BCUT2D eigenvalue weighted by atomic mass is 9.96. The van der Waals surface area contributed by atoms with Gasteiger partial charge in [-0.25, -0.2) is 4.79 Å². The van der Waals surface area contributed by atoms with Gasteiger partial charge in [0.25, 0.3) is 0 Å². The Kier molecular flexibility index (Phi) is 5.38. The molecule has 2 atom stereocenters. The number of piperidine rings is 1. The Hall–Kier alpha value is -2.34. The summed E-state index contributed by atoms with van der Waals surface area (Å²) in [6.45, 7) is 6.01. The molecule has 0 radical (unpaired) electrons. The van der Waals surface area contributed by atoms with Crippen molar-refractivity contribution in [3.8, 4) is 0 Å². The largest absolute Gasteiger partial charge is 0.338 e. The number of nitrogens with one attached hydrogen (secondary N) is 1. The molecule has 1 N–H and O–H groups in total. The highest BCUT2D eigenvalue weighted by molar-refractivity contribution is 5.87. The number of nitrogens with zero attached hydrogens (tertiary/aromatic N) is 3. The maximum absolute atomic E-state index is 12.4. The first-order chi connectivity index (χ1) is 12.0. The van der Waals surface area contributed by atoms with E-state index in [0.29, 0.717) is 11.9 Å². The van der Waals surface area contributed by atoms with Crippen LogP contribution in [0.3, 0.4) is 0 Å². The van der Waals surface area contributed by atoms with Crippen LogP contribution in [-0.4, -0.2) is 46.7 Å². The minimum atomic E-state index is -0.148. The van der Waals surface area contributed by atoms with Crippen molar-refractivity contribution in [2.75, 3.05) is 18.9 Å². The molecule has 1 saturated heterocycles. The monoisotopic (exact) mass is 342 g/mol. The highest BCUT2D eigenvalue weighted by Crippen LogP contribution is 2.23. The second-order valence-electron chi connectivity index (χ2n) is 6.86. The van der Waals surface area contributed by atoms with E-state index in [0.717, 1.165) is 31.6 Å². The Morgan fingerprint density at radius 1 is 1.40 bits per heavy atom. The predicted octanol–water partition coefficient (Wildman–Crippen LogP) is 3.50. The van der Waals surface area contributed by atoms with Crippen molar-refractivity contribution in [3.63, 3.8) is 0 Å². The molecule has 0 saturated carbocycles. The number of anilines is 1. The molecule has 1 aromatic carbocycles. The molecule has 2 heterocycles. The lowest BCUT2D eigenvalue weighted by Crippen LogP contribution is -2.50. The number of benzene rings is 1. The summed E-state index contributed by atoms with van der Waals surface area (Å²) in [5, 5.41) is 6.56. The number of amides is 2. The van der Waals surface area contributed by atoms with Crippen LogP contribution >= 0.6 is 0 Å². The highest BCUT2D eigenvalue weighted by Gasteiger charge is 2.30. The fraction of sp³-hybridized carbons (Fsp3) is 0.474. The molecular formula is C19H26N4O2. The van der Waals surface area contributed by atoms with Crippen molar-refractivity contribution >= 4 is 11.9 Å². The van der Waals surface area contributed by atoms with Gasteiger partial charge in [0.2, 0.25) is 5.88 Å². The standard InChI is InChI=1S/C19H26N4O2/c1-14-11-18(25-21-14)20-19(24)22(3)17-9-10-23(15(2)12-17)13-16-7-5-4-6-8-16/h4-8,11,15,17H,9-10,12-13H2,1-3H3,(H,20,24)/t15-,17+/m1/s1. The second kappa shape index (κ2) is 7.70. The lowest BCUT2D eigenvalue weighted by Gasteiger charge is -2.41. The molecule has 0 bridgehead atoms. The first-order valence-electron chi connectivity index (χ1n) is 8.78. The molecule has 2 amide bonds. The fourth-order valence-electron chi connectivity index (χ4n) is 3.38. The van der Waals surface area contributed by atoms with Crippen LogP contribution in [0.5, 0.6) is 0 Å². The number of carbonyl (C=O) groups excluding carboxylic acids is 1. The summed E-state index contributed by atoms with van der Waals surface area (Å²) in [4.78, 5) is 16.7. The molecule has 25 heavy (non-hydrogen) atoms. The molecule has 134 valence electrons. The number of rotatable bonds is 4. The molecule has 1 aliphatic heterocycles. The van der Waals surface area contributed by atoms with E-state index in [1.165, 1.54) is 5.56 Å². The minimum absolute atomic E-state index is 0.148. The third-order valence-corrected chi connectivity index (χ3v) is 4.94. The summed E-state index contributed by atoms with van der Waals surface area (Å²) in [6, 6.07) is 12.8. The molecule has 6 heteroatoms. The molecule has 0 unspecified atom stereocenters. The van der Waals surface area contributed by atoms with E-state index >= 15 is 0 Å². The van der Waals surface area contributed by atoms with Gasteiger partial charge >= 0.3 is 6.03 Å². The Balaban J connectivity index is 1.53. The van der Waals surface area contributed by atoms with Gasteiger partial charge < -0.3 is 9.42 Å². The van der Waals surface area contributed by atoms with Crippen molar-refractivity contribution in [2.24, 2.45) is 0 Å². The van der Waals surface area contributed by atoms with E-state index in [1.807, 2.05) is 20.0 Å². The van der Waals surface area contributed by atoms with Gasteiger partial charge in [-0.1, -0.05) is 35.5 Å². The summed E-state index contributed by atoms with van der Waals surface area (Å²) in [5.41, 5.74) is 2.08. The first kappa shape index (κ1) is 17.5. The van der Waals surface area contributed by atoms with Crippen LogP contribution in [0.25, 0.3) is 0 Å². The van der Waals surface area contributed by atoms with Gasteiger partial charge in [0, 0.05) is 38.3 Å². The maximum Gasteiger partial charge on any atom is 0.324 e. The number of hydrogen-bond acceptors (Lipinski definition) is 4. The molecule has 6 nitrogen and oxygen atoms in total. The zero-order chi connectivity index (χ0) is 17.8. The number of aryl methyl sites for hydroxylation is 1. The van der Waals surface area contributed by atoms with E-state index in [4.69, 9.17) is 4.52 Å².